The van der Waals surface area contributed by atoms with Crippen molar-refractivity contribution in [3.63, 3.8) is 0 Å². The highest BCUT2D eigenvalue weighted by Gasteiger charge is 2.41. The van der Waals surface area contributed by atoms with Crippen LogP contribution in [0.3, 0.4) is 0 Å². The van der Waals surface area contributed by atoms with Crippen LogP contribution in [0.15, 0.2) is 73.2 Å². The van der Waals surface area contributed by atoms with Gasteiger partial charge >= 0.3 is 0 Å². The molecule has 4 aromatic rings. The van der Waals surface area contributed by atoms with Gasteiger partial charge in [-0.2, -0.15) is 0 Å². The van der Waals surface area contributed by atoms with E-state index in [1.54, 1.807) is 0 Å². The summed E-state index contributed by atoms with van der Waals surface area (Å²) in [5, 5.41) is 4.32. The Labute approximate surface area is 206 Å². The summed E-state index contributed by atoms with van der Waals surface area (Å²) in [6.07, 6.45) is 5.52. The highest BCUT2D eigenvalue weighted by Crippen LogP contribution is 2.42. The van der Waals surface area contributed by atoms with Crippen LogP contribution in [0.4, 0.5) is 0 Å². The summed E-state index contributed by atoms with van der Waals surface area (Å²) in [7, 11) is 0. The molecule has 5 rings (SSSR count). The van der Waals surface area contributed by atoms with Gasteiger partial charge in [0.15, 0.2) is 5.11 Å². The van der Waals surface area contributed by atoms with Crippen LogP contribution in [-0.2, 0) is 6.54 Å². The SMILES string of the molecule is Cc1cccc(C)c1-n1c(C)cc([C@H]2[C@@H](c3ccccn3)NC(=S)N2Cc2ccncc2)c1C. The summed E-state index contributed by atoms with van der Waals surface area (Å²) in [6, 6.07) is 18.9. The van der Waals surface area contributed by atoms with Crippen LogP contribution < -0.4 is 5.32 Å². The molecule has 1 saturated heterocycles. The van der Waals surface area contributed by atoms with E-state index in [1.807, 2.05) is 42.9 Å². The minimum absolute atomic E-state index is 0.0137. The first kappa shape index (κ1) is 22.3. The third-order valence-electron chi connectivity index (χ3n) is 6.75. The number of rotatable bonds is 5. The molecule has 0 radical (unpaired) electrons. The van der Waals surface area contributed by atoms with E-state index < -0.39 is 0 Å². The number of hydrogen-bond acceptors (Lipinski definition) is 3. The summed E-state index contributed by atoms with van der Waals surface area (Å²) in [5.74, 6) is 0. The average molecular weight is 468 g/mol. The number of pyridine rings is 2. The molecule has 2 atom stereocenters. The molecule has 34 heavy (non-hydrogen) atoms. The summed E-state index contributed by atoms with van der Waals surface area (Å²) in [5.41, 5.74) is 9.66. The molecule has 1 fully saturated rings. The van der Waals surface area contributed by atoms with Crippen molar-refractivity contribution >= 4 is 17.3 Å². The molecule has 0 unspecified atom stereocenters. The first-order valence-electron chi connectivity index (χ1n) is 11.6. The number of nitrogens with zero attached hydrogens (tertiary/aromatic N) is 4. The molecule has 0 saturated carbocycles. The lowest BCUT2D eigenvalue weighted by Gasteiger charge is -2.28. The molecule has 0 amide bonds. The van der Waals surface area contributed by atoms with Gasteiger partial charge in [0.25, 0.3) is 0 Å². The molecule has 1 aliphatic rings. The smallest absolute Gasteiger partial charge is 0.170 e. The van der Waals surface area contributed by atoms with Crippen LogP contribution >= 0.6 is 12.2 Å². The Balaban J connectivity index is 1.65. The van der Waals surface area contributed by atoms with Gasteiger partial charge in [0.2, 0.25) is 0 Å². The number of para-hydroxylation sites is 1. The maximum atomic E-state index is 5.88. The van der Waals surface area contributed by atoms with Gasteiger partial charge in [-0.25, -0.2) is 0 Å². The van der Waals surface area contributed by atoms with Gasteiger partial charge in [-0.15, -0.1) is 0 Å². The standard InChI is InChI=1S/C28H29N5S/c1-18-8-7-9-19(2)26(18)33-20(3)16-23(21(33)4)27-25(24-10-5-6-13-30-24)31-28(34)32(27)17-22-11-14-29-15-12-22/h5-16,25,27H,17H2,1-4H3,(H,31,34)/t25-,27+/m1/s1. The van der Waals surface area contributed by atoms with E-state index in [0.717, 1.165) is 10.8 Å². The molecule has 172 valence electrons. The van der Waals surface area contributed by atoms with E-state index in [-0.39, 0.29) is 12.1 Å². The molecule has 1 N–H and O–H groups in total. The molecule has 0 bridgehead atoms. The van der Waals surface area contributed by atoms with Crippen molar-refractivity contribution in [2.45, 2.75) is 46.3 Å². The lowest BCUT2D eigenvalue weighted by atomic mass is 9.96. The molecule has 3 aromatic heterocycles. The quantitative estimate of drug-likeness (QED) is 0.383. The number of thiocarbonyl (C=S) groups is 1. The second-order valence-corrected chi connectivity index (χ2v) is 9.40. The van der Waals surface area contributed by atoms with E-state index in [1.165, 1.54) is 39.3 Å². The van der Waals surface area contributed by atoms with Crippen LogP contribution in [-0.4, -0.2) is 24.5 Å². The zero-order valence-corrected chi connectivity index (χ0v) is 20.8. The monoisotopic (exact) mass is 467 g/mol. The third kappa shape index (κ3) is 3.88. The first-order chi connectivity index (χ1) is 16.5. The lowest BCUT2D eigenvalue weighted by Crippen LogP contribution is -2.29. The fourth-order valence-corrected chi connectivity index (χ4v) is 5.49. The van der Waals surface area contributed by atoms with Crippen molar-refractivity contribution in [1.29, 1.82) is 0 Å². The van der Waals surface area contributed by atoms with Gasteiger partial charge in [-0.05, 0) is 92.5 Å². The van der Waals surface area contributed by atoms with Crippen LogP contribution in [0.2, 0.25) is 0 Å². The Bertz CT molecular complexity index is 1310. The highest BCUT2D eigenvalue weighted by atomic mass is 32.1. The molecule has 6 heteroatoms. The van der Waals surface area contributed by atoms with Crippen molar-refractivity contribution in [1.82, 2.24) is 24.8 Å². The summed E-state index contributed by atoms with van der Waals surface area (Å²) in [4.78, 5) is 11.2. The normalized spacial score (nSPS) is 17.8. The van der Waals surface area contributed by atoms with Gasteiger partial charge < -0.3 is 14.8 Å². The number of benzene rings is 1. The van der Waals surface area contributed by atoms with Crippen molar-refractivity contribution in [3.8, 4) is 5.69 Å². The van der Waals surface area contributed by atoms with Gasteiger partial charge in [-0.1, -0.05) is 24.3 Å². The van der Waals surface area contributed by atoms with Gasteiger partial charge in [0.1, 0.15) is 0 Å². The summed E-state index contributed by atoms with van der Waals surface area (Å²) in [6.45, 7) is 9.47. The number of aromatic nitrogens is 3. The summed E-state index contributed by atoms with van der Waals surface area (Å²) < 4.78 is 2.39. The Morgan fingerprint density at radius 1 is 0.912 bits per heavy atom. The molecule has 1 aromatic carbocycles. The predicted molar refractivity (Wildman–Crippen MR) is 140 cm³/mol. The van der Waals surface area contributed by atoms with Gasteiger partial charge in [0, 0.05) is 36.5 Å². The largest absolute Gasteiger partial charge is 0.352 e. The lowest BCUT2D eigenvalue weighted by molar-refractivity contribution is 0.310. The van der Waals surface area contributed by atoms with Crippen LogP contribution in [0.5, 0.6) is 0 Å². The minimum atomic E-state index is -0.0394. The molecular weight excluding hydrogens is 438 g/mol. The van der Waals surface area contributed by atoms with Crippen molar-refractivity contribution < 1.29 is 0 Å². The topological polar surface area (TPSA) is 46.0 Å². The second-order valence-electron chi connectivity index (χ2n) is 9.01. The Morgan fingerprint density at radius 2 is 1.65 bits per heavy atom. The van der Waals surface area contributed by atoms with E-state index >= 15 is 0 Å². The Kier molecular flexibility index (Phi) is 5.92. The van der Waals surface area contributed by atoms with Crippen LogP contribution in [0, 0.1) is 27.7 Å². The average Bonchev–Trinajstić information content (AvgIpc) is 3.31. The Hall–Kier alpha value is -3.51. The van der Waals surface area contributed by atoms with Crippen LogP contribution in [0.25, 0.3) is 5.69 Å². The van der Waals surface area contributed by atoms with E-state index in [4.69, 9.17) is 17.2 Å². The third-order valence-corrected chi connectivity index (χ3v) is 7.10. The van der Waals surface area contributed by atoms with E-state index in [0.29, 0.717) is 6.54 Å². The highest BCUT2D eigenvalue weighted by molar-refractivity contribution is 7.80. The zero-order chi connectivity index (χ0) is 23.8. The van der Waals surface area contributed by atoms with Crippen molar-refractivity contribution in [2.75, 3.05) is 0 Å². The van der Waals surface area contributed by atoms with Gasteiger partial charge in [0.05, 0.1) is 23.5 Å². The fraction of sp³-hybridized carbons (Fsp3) is 0.250. The molecule has 5 nitrogen and oxygen atoms in total. The number of hydrogen-bond donors (Lipinski definition) is 1. The second kappa shape index (κ2) is 9.03. The van der Waals surface area contributed by atoms with Crippen molar-refractivity contribution in [3.05, 3.63) is 113 Å². The molecule has 0 aliphatic carbocycles. The predicted octanol–water partition coefficient (Wildman–Crippen LogP) is 5.67. The first-order valence-corrected chi connectivity index (χ1v) is 12.0. The number of nitrogens with one attached hydrogen (secondary N) is 1. The molecular formula is C28H29N5S. The Morgan fingerprint density at radius 3 is 2.32 bits per heavy atom. The zero-order valence-electron chi connectivity index (χ0n) is 20.0. The van der Waals surface area contributed by atoms with E-state index in [9.17, 15) is 0 Å². The van der Waals surface area contributed by atoms with Crippen molar-refractivity contribution in [2.24, 2.45) is 0 Å². The van der Waals surface area contributed by atoms with E-state index in [2.05, 4.69) is 77.8 Å². The minimum Gasteiger partial charge on any atom is -0.352 e. The number of aryl methyl sites for hydroxylation is 3. The fourth-order valence-electron chi connectivity index (χ4n) is 5.19. The maximum absolute atomic E-state index is 5.88. The molecule has 4 heterocycles. The summed E-state index contributed by atoms with van der Waals surface area (Å²) >= 11 is 5.88. The molecule has 1 aliphatic heterocycles. The van der Waals surface area contributed by atoms with Gasteiger partial charge in [-0.3, -0.25) is 9.97 Å². The molecule has 0 spiro atoms. The maximum Gasteiger partial charge on any atom is 0.170 e. The van der Waals surface area contributed by atoms with Crippen LogP contribution in [0.1, 0.15) is 51.4 Å².